The van der Waals surface area contributed by atoms with Crippen LogP contribution in [0.5, 0.6) is 0 Å². The largest absolute Gasteiger partial charge is 0.379 e. The molecule has 7 nitrogen and oxygen atoms in total. The van der Waals surface area contributed by atoms with Crippen molar-refractivity contribution >= 4 is 0 Å². The van der Waals surface area contributed by atoms with E-state index in [0.29, 0.717) is 26.4 Å². The van der Waals surface area contributed by atoms with Crippen molar-refractivity contribution in [2.24, 2.45) is 0 Å². The molecule has 0 aromatic rings. The van der Waals surface area contributed by atoms with Gasteiger partial charge < -0.3 is 33.2 Å². The van der Waals surface area contributed by atoms with Crippen LogP contribution in [0.25, 0.3) is 0 Å². The summed E-state index contributed by atoms with van der Waals surface area (Å²) < 4.78 is 45.2. The lowest BCUT2D eigenvalue weighted by molar-refractivity contribution is -0.341. The summed E-state index contributed by atoms with van der Waals surface area (Å²) in [6.45, 7) is 19.6. The van der Waals surface area contributed by atoms with Gasteiger partial charge in [-0.1, -0.05) is 65.2 Å². The quantitative estimate of drug-likeness (QED) is 0.105. The van der Waals surface area contributed by atoms with Gasteiger partial charge in [0.25, 0.3) is 0 Å². The molecule has 41 heavy (non-hydrogen) atoms. The minimum atomic E-state index is -0.809. The van der Waals surface area contributed by atoms with Crippen molar-refractivity contribution in [3.05, 3.63) is 0 Å². The van der Waals surface area contributed by atoms with Gasteiger partial charge in [0, 0.05) is 26.1 Å². The monoisotopic (exact) mass is 586 g/mol. The van der Waals surface area contributed by atoms with Gasteiger partial charge in [-0.2, -0.15) is 0 Å². The van der Waals surface area contributed by atoms with Crippen LogP contribution in [0.3, 0.4) is 0 Å². The summed E-state index contributed by atoms with van der Waals surface area (Å²) >= 11 is 0. The molecule has 2 heterocycles. The Morgan fingerprint density at radius 3 is 1.39 bits per heavy atom. The maximum Gasteiger partial charge on any atom is 0.195 e. The Kier molecular flexibility index (Phi) is 17.9. The molecule has 8 unspecified atom stereocenters. The van der Waals surface area contributed by atoms with Crippen LogP contribution in [0.2, 0.25) is 0 Å². The highest BCUT2D eigenvalue weighted by molar-refractivity contribution is 4.92. The summed E-state index contributed by atoms with van der Waals surface area (Å²) in [4.78, 5) is 0. The fourth-order valence-corrected chi connectivity index (χ4v) is 6.25. The van der Waals surface area contributed by atoms with Gasteiger partial charge >= 0.3 is 0 Å². The summed E-state index contributed by atoms with van der Waals surface area (Å²) in [6, 6.07) is 0. The summed E-state index contributed by atoms with van der Waals surface area (Å²) in [5, 5.41) is 0. The Labute approximate surface area is 253 Å². The topological polar surface area (TPSA) is 64.6 Å². The fraction of sp³-hybridized carbons (Fsp3) is 1.00. The number of rotatable bonds is 24. The molecule has 0 aromatic carbocycles. The molecule has 2 saturated heterocycles. The van der Waals surface area contributed by atoms with E-state index in [1.165, 1.54) is 51.4 Å². The standard InChI is InChI=1S/C34H66O7/c1-9-13-15-17-19-27(5)38-33(23-21-31(40-33)25-35-11-3)29(7)37-30(8)34(24-22-32(41-34)26-36-12-4)39-28(6)20-18-16-14-10-2/h27-32H,9-26H2,1-8H3. The number of hydrogen-bond acceptors (Lipinski definition) is 7. The molecule has 0 bridgehead atoms. The average Bonchev–Trinajstić information content (AvgIpc) is 3.56. The summed E-state index contributed by atoms with van der Waals surface area (Å²) in [6.07, 6.45) is 14.8. The summed E-state index contributed by atoms with van der Waals surface area (Å²) in [7, 11) is 0. The highest BCUT2D eigenvalue weighted by atomic mass is 16.8. The van der Waals surface area contributed by atoms with Crippen LogP contribution >= 0.6 is 0 Å². The first-order valence-corrected chi connectivity index (χ1v) is 17.3. The lowest BCUT2D eigenvalue weighted by atomic mass is 10.0. The zero-order valence-corrected chi connectivity index (χ0v) is 28.0. The van der Waals surface area contributed by atoms with Crippen molar-refractivity contribution in [3.8, 4) is 0 Å². The first-order valence-electron chi connectivity index (χ1n) is 17.3. The third-order valence-electron chi connectivity index (χ3n) is 8.75. The molecule has 0 spiro atoms. The average molecular weight is 587 g/mol. The molecule has 0 aliphatic carbocycles. The lowest BCUT2D eigenvalue weighted by Gasteiger charge is -2.43. The normalized spacial score (nSPS) is 29.6. The Hall–Kier alpha value is -0.280. The zero-order valence-electron chi connectivity index (χ0n) is 28.0. The Balaban J connectivity index is 2.14. The second-order valence-corrected chi connectivity index (χ2v) is 12.5. The second kappa shape index (κ2) is 19.9. The molecule has 8 atom stereocenters. The molecule has 0 N–H and O–H groups in total. The van der Waals surface area contributed by atoms with Gasteiger partial charge in [0.15, 0.2) is 11.6 Å². The third-order valence-corrected chi connectivity index (χ3v) is 8.75. The van der Waals surface area contributed by atoms with Gasteiger partial charge in [0.2, 0.25) is 0 Å². The van der Waals surface area contributed by atoms with Crippen LogP contribution in [-0.4, -0.2) is 74.6 Å². The van der Waals surface area contributed by atoms with Gasteiger partial charge in [-0.15, -0.1) is 0 Å². The van der Waals surface area contributed by atoms with E-state index in [0.717, 1.165) is 38.5 Å². The molecule has 2 aliphatic rings. The van der Waals surface area contributed by atoms with E-state index in [9.17, 15) is 0 Å². The maximum absolute atomic E-state index is 6.84. The van der Waals surface area contributed by atoms with Crippen molar-refractivity contribution in [3.63, 3.8) is 0 Å². The first kappa shape index (κ1) is 36.9. The van der Waals surface area contributed by atoms with Crippen molar-refractivity contribution in [2.75, 3.05) is 26.4 Å². The summed E-state index contributed by atoms with van der Waals surface area (Å²) in [5.74, 6) is -1.62. The Morgan fingerprint density at radius 2 is 1.02 bits per heavy atom. The number of hydrogen-bond donors (Lipinski definition) is 0. The molecule has 7 heteroatoms. The maximum atomic E-state index is 6.84. The van der Waals surface area contributed by atoms with Crippen LogP contribution in [0, 0.1) is 0 Å². The Morgan fingerprint density at radius 1 is 0.610 bits per heavy atom. The van der Waals surface area contributed by atoms with Crippen LogP contribution in [0.15, 0.2) is 0 Å². The van der Waals surface area contributed by atoms with Crippen LogP contribution in [-0.2, 0) is 33.2 Å². The molecular formula is C34H66O7. The lowest BCUT2D eigenvalue weighted by Crippen LogP contribution is -2.53. The Bertz CT molecular complexity index is 609. The zero-order chi connectivity index (χ0) is 30.1. The van der Waals surface area contributed by atoms with Crippen LogP contribution in [0.1, 0.15) is 145 Å². The van der Waals surface area contributed by atoms with Gasteiger partial charge in [-0.3, -0.25) is 0 Å². The molecule has 0 radical (unpaired) electrons. The van der Waals surface area contributed by atoms with Crippen molar-refractivity contribution in [2.45, 2.75) is 193 Å². The second-order valence-electron chi connectivity index (χ2n) is 12.5. The van der Waals surface area contributed by atoms with Crippen molar-refractivity contribution in [1.29, 1.82) is 0 Å². The molecule has 2 fully saturated rings. The van der Waals surface area contributed by atoms with E-state index < -0.39 is 11.6 Å². The van der Waals surface area contributed by atoms with Gasteiger partial charge in [0.05, 0.1) is 37.6 Å². The van der Waals surface area contributed by atoms with Gasteiger partial charge in [-0.25, -0.2) is 0 Å². The third kappa shape index (κ3) is 12.3. The number of ether oxygens (including phenoxy) is 7. The fourth-order valence-electron chi connectivity index (χ4n) is 6.25. The highest BCUT2D eigenvalue weighted by Gasteiger charge is 2.52. The molecule has 0 amide bonds. The molecule has 2 rings (SSSR count). The van der Waals surface area contributed by atoms with E-state index >= 15 is 0 Å². The van der Waals surface area contributed by atoms with Gasteiger partial charge in [0.1, 0.15) is 12.2 Å². The van der Waals surface area contributed by atoms with E-state index in [4.69, 9.17) is 33.2 Å². The predicted molar refractivity (Wildman–Crippen MR) is 165 cm³/mol. The van der Waals surface area contributed by atoms with Crippen LogP contribution in [0.4, 0.5) is 0 Å². The van der Waals surface area contributed by atoms with E-state index in [2.05, 4.69) is 41.5 Å². The van der Waals surface area contributed by atoms with E-state index in [-0.39, 0.29) is 36.6 Å². The predicted octanol–water partition coefficient (Wildman–Crippen LogP) is 8.35. The van der Waals surface area contributed by atoms with Crippen molar-refractivity contribution in [1.82, 2.24) is 0 Å². The highest BCUT2D eigenvalue weighted by Crippen LogP contribution is 2.42. The molecule has 0 aromatic heterocycles. The van der Waals surface area contributed by atoms with E-state index in [1.807, 2.05) is 13.8 Å². The summed E-state index contributed by atoms with van der Waals surface area (Å²) in [5.41, 5.74) is 0. The number of unbranched alkanes of at least 4 members (excludes halogenated alkanes) is 6. The van der Waals surface area contributed by atoms with Crippen molar-refractivity contribution < 1.29 is 33.2 Å². The smallest absolute Gasteiger partial charge is 0.195 e. The first-order chi connectivity index (χ1) is 19.7. The SMILES string of the molecule is CCCCCCC(C)OC1(C(C)OC(C)C2(OC(C)CCCCCC)CCC(COCC)O2)CCC(COCC)O1. The van der Waals surface area contributed by atoms with Crippen LogP contribution < -0.4 is 0 Å². The molecule has 0 saturated carbocycles. The minimum Gasteiger partial charge on any atom is -0.379 e. The molecular weight excluding hydrogens is 520 g/mol. The van der Waals surface area contributed by atoms with E-state index in [1.54, 1.807) is 0 Å². The molecule has 2 aliphatic heterocycles. The minimum absolute atomic E-state index is 0.00949. The van der Waals surface area contributed by atoms with Gasteiger partial charge in [-0.05, 0) is 67.2 Å². The molecule has 244 valence electrons.